The predicted molar refractivity (Wildman–Crippen MR) is 133 cm³/mol. The van der Waals surface area contributed by atoms with Gasteiger partial charge in [0.15, 0.2) is 5.78 Å². The molecule has 2 aromatic carbocycles. The predicted octanol–water partition coefficient (Wildman–Crippen LogP) is 8.70. The first kappa shape index (κ1) is 23.8. The molecule has 168 valence electrons. The van der Waals surface area contributed by atoms with Crippen LogP contribution in [0.5, 0.6) is 0 Å². The molecule has 0 spiro atoms. The van der Waals surface area contributed by atoms with Crippen molar-refractivity contribution < 1.29 is 4.79 Å². The molecule has 0 atom stereocenters. The molecule has 0 radical (unpaired) electrons. The molecule has 1 heteroatoms. The van der Waals surface area contributed by atoms with Crippen LogP contribution in [-0.4, -0.2) is 5.78 Å². The number of carbonyl (C=O) groups is 1. The Bertz CT molecular complexity index is 763. The lowest BCUT2D eigenvalue weighted by molar-refractivity contribution is 0.0993. The molecule has 1 saturated carbocycles. The highest BCUT2D eigenvalue weighted by molar-refractivity contribution is 5.97. The molecule has 0 aromatic heterocycles. The van der Waals surface area contributed by atoms with Crippen molar-refractivity contribution in [2.75, 3.05) is 0 Å². The topological polar surface area (TPSA) is 17.1 Å². The number of hydrogen-bond acceptors (Lipinski definition) is 1. The minimum absolute atomic E-state index is 0.224. The van der Waals surface area contributed by atoms with Gasteiger partial charge in [0.1, 0.15) is 0 Å². The first-order valence-corrected chi connectivity index (χ1v) is 12.9. The second-order valence-electron chi connectivity index (χ2n) is 9.71. The average Bonchev–Trinajstić information content (AvgIpc) is 2.81. The maximum absolute atomic E-state index is 12.7. The van der Waals surface area contributed by atoms with E-state index in [1.165, 1.54) is 75.3 Å². The van der Waals surface area contributed by atoms with Crippen LogP contribution in [0.15, 0.2) is 48.5 Å². The summed E-state index contributed by atoms with van der Waals surface area (Å²) in [5, 5.41) is 0. The minimum atomic E-state index is 0.224. The Morgan fingerprint density at radius 2 is 1.39 bits per heavy atom. The Morgan fingerprint density at radius 3 is 2.03 bits per heavy atom. The van der Waals surface area contributed by atoms with Gasteiger partial charge in [0, 0.05) is 12.0 Å². The zero-order chi connectivity index (χ0) is 21.9. The summed E-state index contributed by atoms with van der Waals surface area (Å²) in [5.74, 6) is 1.86. The molecule has 31 heavy (non-hydrogen) atoms. The van der Waals surface area contributed by atoms with E-state index in [0.29, 0.717) is 12.3 Å². The van der Waals surface area contributed by atoms with E-state index < -0.39 is 0 Å². The summed E-state index contributed by atoms with van der Waals surface area (Å²) in [7, 11) is 0. The van der Waals surface area contributed by atoms with Crippen LogP contribution in [0.3, 0.4) is 0 Å². The molecule has 2 aromatic rings. The lowest BCUT2D eigenvalue weighted by Crippen LogP contribution is -2.13. The van der Waals surface area contributed by atoms with Gasteiger partial charge in [-0.2, -0.15) is 0 Å². The maximum atomic E-state index is 12.7. The molecular formula is C30H42O. The largest absolute Gasteiger partial charge is 0.294 e. The highest BCUT2D eigenvalue weighted by Crippen LogP contribution is 2.37. The lowest BCUT2D eigenvalue weighted by Gasteiger charge is -2.29. The SMILES string of the molecule is CCCCCCC[C@H]1CC[C@H](c2ccc(C(=O)Cc3ccc(CCC)cc3)cc2)CC1. The van der Waals surface area contributed by atoms with Crippen molar-refractivity contribution in [3.8, 4) is 0 Å². The van der Waals surface area contributed by atoms with E-state index >= 15 is 0 Å². The number of aryl methyl sites for hydroxylation is 1. The number of rotatable bonds is 12. The van der Waals surface area contributed by atoms with Gasteiger partial charge in [-0.15, -0.1) is 0 Å². The number of benzene rings is 2. The molecule has 0 aliphatic heterocycles. The van der Waals surface area contributed by atoms with Gasteiger partial charge in [-0.25, -0.2) is 0 Å². The third kappa shape index (κ3) is 7.63. The number of hydrogen-bond donors (Lipinski definition) is 0. The van der Waals surface area contributed by atoms with E-state index in [0.717, 1.165) is 29.9 Å². The summed E-state index contributed by atoms with van der Waals surface area (Å²) < 4.78 is 0. The van der Waals surface area contributed by atoms with Crippen molar-refractivity contribution in [3.63, 3.8) is 0 Å². The molecular weight excluding hydrogens is 376 g/mol. The van der Waals surface area contributed by atoms with Gasteiger partial charge in [-0.3, -0.25) is 4.79 Å². The van der Waals surface area contributed by atoms with Gasteiger partial charge >= 0.3 is 0 Å². The van der Waals surface area contributed by atoms with Gasteiger partial charge in [0.2, 0.25) is 0 Å². The van der Waals surface area contributed by atoms with Crippen LogP contribution in [0.25, 0.3) is 0 Å². The Kier molecular flexibility index (Phi) is 9.85. The maximum Gasteiger partial charge on any atom is 0.167 e. The molecule has 1 fully saturated rings. The van der Waals surface area contributed by atoms with Crippen molar-refractivity contribution in [1.82, 2.24) is 0 Å². The quantitative estimate of drug-likeness (QED) is 0.249. The highest BCUT2D eigenvalue weighted by Gasteiger charge is 2.22. The van der Waals surface area contributed by atoms with Gasteiger partial charge < -0.3 is 0 Å². The summed E-state index contributed by atoms with van der Waals surface area (Å²) >= 11 is 0. The number of Topliss-reactive ketones (excluding diaryl/α,β-unsaturated/α-hetero) is 1. The van der Waals surface area contributed by atoms with Crippen LogP contribution in [-0.2, 0) is 12.8 Å². The second kappa shape index (κ2) is 12.8. The zero-order valence-corrected chi connectivity index (χ0v) is 19.9. The van der Waals surface area contributed by atoms with Crippen LogP contribution in [0.1, 0.15) is 117 Å². The number of ketones is 1. The van der Waals surface area contributed by atoms with Crippen LogP contribution in [0.4, 0.5) is 0 Å². The van der Waals surface area contributed by atoms with Crippen molar-refractivity contribution in [2.24, 2.45) is 5.92 Å². The van der Waals surface area contributed by atoms with E-state index in [4.69, 9.17) is 0 Å². The molecule has 0 unspecified atom stereocenters. The smallest absolute Gasteiger partial charge is 0.167 e. The van der Waals surface area contributed by atoms with Crippen molar-refractivity contribution in [3.05, 3.63) is 70.8 Å². The van der Waals surface area contributed by atoms with Crippen LogP contribution in [0.2, 0.25) is 0 Å². The standard InChI is InChI=1S/C30H42O/c1-3-5-6-7-8-10-25-15-17-27(18-16-25)28-19-21-29(22-20-28)30(31)23-26-13-11-24(9-4-2)12-14-26/h11-14,19-22,25,27H,3-10,15-18,23H2,1-2H3/t25-,27-. The Balaban J connectivity index is 1.44. The molecule has 0 bridgehead atoms. The fourth-order valence-corrected chi connectivity index (χ4v) is 5.16. The lowest BCUT2D eigenvalue weighted by atomic mass is 9.77. The van der Waals surface area contributed by atoms with Crippen LogP contribution < -0.4 is 0 Å². The summed E-state index contributed by atoms with van der Waals surface area (Å²) in [6, 6.07) is 17.1. The fourth-order valence-electron chi connectivity index (χ4n) is 5.16. The third-order valence-corrected chi connectivity index (χ3v) is 7.19. The van der Waals surface area contributed by atoms with E-state index in [2.05, 4.69) is 62.4 Å². The fraction of sp³-hybridized carbons (Fsp3) is 0.567. The van der Waals surface area contributed by atoms with Gasteiger partial charge in [-0.05, 0) is 60.6 Å². The molecule has 3 rings (SSSR count). The summed E-state index contributed by atoms with van der Waals surface area (Å²) in [4.78, 5) is 12.7. The number of unbranched alkanes of at least 4 members (excludes halogenated alkanes) is 4. The van der Waals surface area contributed by atoms with E-state index in [9.17, 15) is 4.79 Å². The van der Waals surface area contributed by atoms with Crippen LogP contribution >= 0.6 is 0 Å². The van der Waals surface area contributed by atoms with Gasteiger partial charge in [0.05, 0.1) is 0 Å². The van der Waals surface area contributed by atoms with Crippen molar-refractivity contribution >= 4 is 5.78 Å². The first-order chi connectivity index (χ1) is 15.2. The van der Waals surface area contributed by atoms with E-state index in [1.54, 1.807) is 0 Å². The van der Waals surface area contributed by atoms with E-state index in [-0.39, 0.29) is 5.78 Å². The van der Waals surface area contributed by atoms with Gasteiger partial charge in [-0.1, -0.05) is 107 Å². The number of carbonyl (C=O) groups excluding carboxylic acids is 1. The molecule has 0 heterocycles. The Morgan fingerprint density at radius 1 is 0.742 bits per heavy atom. The molecule has 1 aliphatic rings. The highest BCUT2D eigenvalue weighted by atomic mass is 16.1. The monoisotopic (exact) mass is 418 g/mol. The molecule has 0 N–H and O–H groups in total. The minimum Gasteiger partial charge on any atom is -0.294 e. The van der Waals surface area contributed by atoms with Gasteiger partial charge in [0.25, 0.3) is 0 Å². The first-order valence-electron chi connectivity index (χ1n) is 12.9. The van der Waals surface area contributed by atoms with Crippen molar-refractivity contribution in [1.29, 1.82) is 0 Å². The summed E-state index contributed by atoms with van der Waals surface area (Å²) in [6.45, 7) is 4.48. The van der Waals surface area contributed by atoms with E-state index in [1.807, 2.05) is 0 Å². The Labute approximate surface area is 190 Å². The zero-order valence-electron chi connectivity index (χ0n) is 19.9. The molecule has 1 aliphatic carbocycles. The molecule has 0 saturated heterocycles. The normalized spacial score (nSPS) is 18.8. The molecule has 0 amide bonds. The average molecular weight is 419 g/mol. The van der Waals surface area contributed by atoms with Crippen molar-refractivity contribution in [2.45, 2.75) is 103 Å². The van der Waals surface area contributed by atoms with Crippen LogP contribution in [0, 0.1) is 5.92 Å². The Hall–Kier alpha value is -1.89. The summed E-state index contributed by atoms with van der Waals surface area (Å²) in [6.07, 6.45) is 16.6. The second-order valence-corrected chi connectivity index (χ2v) is 9.71. The summed E-state index contributed by atoms with van der Waals surface area (Å²) in [5.41, 5.74) is 4.75. The molecule has 1 nitrogen and oxygen atoms in total. The third-order valence-electron chi connectivity index (χ3n) is 7.19.